The largest absolute Gasteiger partial charge is 0.487 e. The van der Waals surface area contributed by atoms with Gasteiger partial charge < -0.3 is 4.74 Å². The monoisotopic (exact) mass is 193 g/mol. The highest BCUT2D eigenvalue weighted by Crippen LogP contribution is 2.27. The Kier molecular flexibility index (Phi) is 3.12. The fourth-order valence-electron chi connectivity index (χ4n) is 2.04. The standard InChI is InChI=1S/C12H17O2/c13-11-8-4-5-9-12(11)14-10-6-2-1-3-7-10/h2,6,10H,1,3-5,7-9H2. The first-order chi connectivity index (χ1) is 6.86. The zero-order valence-corrected chi connectivity index (χ0v) is 8.50. The van der Waals surface area contributed by atoms with Crippen LogP contribution in [-0.2, 0) is 9.84 Å². The molecule has 2 nitrogen and oxygen atoms in total. The maximum Gasteiger partial charge on any atom is 0.193 e. The number of hydrogen-bond acceptors (Lipinski definition) is 1. The third kappa shape index (κ3) is 2.31. The molecule has 0 saturated carbocycles. The molecule has 2 rings (SSSR count). The first-order valence-corrected chi connectivity index (χ1v) is 5.58. The van der Waals surface area contributed by atoms with E-state index in [0.29, 0.717) is 6.42 Å². The summed E-state index contributed by atoms with van der Waals surface area (Å²) in [6.45, 7) is 0. The van der Waals surface area contributed by atoms with E-state index in [2.05, 4.69) is 12.2 Å². The molecule has 0 aromatic carbocycles. The molecule has 1 unspecified atom stereocenters. The van der Waals surface area contributed by atoms with Crippen molar-refractivity contribution in [3.63, 3.8) is 0 Å². The van der Waals surface area contributed by atoms with Crippen LogP contribution in [0.1, 0.15) is 44.9 Å². The Morgan fingerprint density at radius 3 is 2.79 bits per heavy atom. The van der Waals surface area contributed by atoms with Gasteiger partial charge in [-0.3, -0.25) is 5.11 Å². The lowest BCUT2D eigenvalue weighted by molar-refractivity contribution is 0.102. The molecule has 0 fully saturated rings. The molecule has 0 bridgehead atoms. The average Bonchev–Trinajstić information content (AvgIpc) is 2.23. The molecular weight excluding hydrogens is 176 g/mol. The zero-order chi connectivity index (χ0) is 9.80. The molecule has 1 atom stereocenters. The quantitative estimate of drug-likeness (QED) is 0.618. The SMILES string of the molecule is [O]C1=C(OC2C=CCCC2)CCCC1. The summed E-state index contributed by atoms with van der Waals surface area (Å²) in [5, 5.41) is 11.5. The van der Waals surface area contributed by atoms with E-state index in [-0.39, 0.29) is 11.9 Å². The first kappa shape index (κ1) is 9.63. The van der Waals surface area contributed by atoms with Crippen molar-refractivity contribution in [1.29, 1.82) is 0 Å². The summed E-state index contributed by atoms with van der Waals surface area (Å²) in [7, 11) is 0. The van der Waals surface area contributed by atoms with E-state index in [9.17, 15) is 5.11 Å². The summed E-state index contributed by atoms with van der Waals surface area (Å²) < 4.78 is 5.72. The van der Waals surface area contributed by atoms with E-state index >= 15 is 0 Å². The Balaban J connectivity index is 1.95. The minimum absolute atomic E-state index is 0.167. The van der Waals surface area contributed by atoms with Crippen LogP contribution in [-0.4, -0.2) is 6.10 Å². The second-order valence-corrected chi connectivity index (χ2v) is 4.07. The molecule has 1 radical (unpaired) electrons. The van der Waals surface area contributed by atoms with Gasteiger partial charge in [-0.1, -0.05) is 6.08 Å². The number of rotatable bonds is 2. The normalized spacial score (nSPS) is 27.9. The molecule has 0 N–H and O–H groups in total. The molecule has 0 aromatic heterocycles. The second kappa shape index (κ2) is 4.54. The van der Waals surface area contributed by atoms with E-state index in [1.807, 2.05) is 0 Å². The van der Waals surface area contributed by atoms with Crippen molar-refractivity contribution in [3.05, 3.63) is 23.7 Å². The molecule has 14 heavy (non-hydrogen) atoms. The Hall–Kier alpha value is -0.920. The summed E-state index contributed by atoms with van der Waals surface area (Å²) in [6, 6.07) is 0. The smallest absolute Gasteiger partial charge is 0.193 e. The summed E-state index contributed by atoms with van der Waals surface area (Å²) >= 11 is 0. The van der Waals surface area contributed by atoms with Crippen LogP contribution >= 0.6 is 0 Å². The van der Waals surface area contributed by atoms with Gasteiger partial charge in [-0.2, -0.15) is 0 Å². The van der Waals surface area contributed by atoms with Gasteiger partial charge in [-0.25, -0.2) is 0 Å². The number of allylic oxidation sites excluding steroid dienone is 3. The van der Waals surface area contributed by atoms with Gasteiger partial charge in [0.2, 0.25) is 0 Å². The summed E-state index contributed by atoms with van der Waals surface area (Å²) in [5.74, 6) is 0.961. The van der Waals surface area contributed by atoms with Crippen molar-refractivity contribution in [2.45, 2.75) is 51.0 Å². The van der Waals surface area contributed by atoms with E-state index in [1.165, 1.54) is 6.42 Å². The Morgan fingerprint density at radius 1 is 1.21 bits per heavy atom. The summed E-state index contributed by atoms with van der Waals surface area (Å²) in [5.41, 5.74) is 0. The Morgan fingerprint density at radius 2 is 2.07 bits per heavy atom. The molecule has 0 saturated heterocycles. The molecule has 2 aliphatic rings. The van der Waals surface area contributed by atoms with E-state index in [1.54, 1.807) is 0 Å². The molecular formula is C12H17O2. The van der Waals surface area contributed by atoms with Crippen molar-refractivity contribution < 1.29 is 9.84 Å². The molecule has 0 heterocycles. The van der Waals surface area contributed by atoms with Gasteiger partial charge in [-0.05, 0) is 38.2 Å². The van der Waals surface area contributed by atoms with Gasteiger partial charge in [-0.15, -0.1) is 0 Å². The van der Waals surface area contributed by atoms with Gasteiger partial charge in [0.05, 0.1) is 0 Å². The van der Waals surface area contributed by atoms with Crippen molar-refractivity contribution in [3.8, 4) is 0 Å². The van der Waals surface area contributed by atoms with Crippen LogP contribution in [0.5, 0.6) is 0 Å². The van der Waals surface area contributed by atoms with E-state index in [4.69, 9.17) is 4.74 Å². The van der Waals surface area contributed by atoms with Crippen LogP contribution in [0.25, 0.3) is 0 Å². The summed E-state index contributed by atoms with van der Waals surface area (Å²) in [6.07, 6.45) is 11.5. The van der Waals surface area contributed by atoms with Gasteiger partial charge in [0.15, 0.2) is 5.76 Å². The van der Waals surface area contributed by atoms with Crippen LogP contribution in [0.4, 0.5) is 0 Å². The minimum atomic E-state index is 0.167. The topological polar surface area (TPSA) is 29.1 Å². The molecule has 0 spiro atoms. The number of hydrogen-bond donors (Lipinski definition) is 0. The second-order valence-electron chi connectivity index (χ2n) is 4.07. The third-order valence-electron chi connectivity index (χ3n) is 2.87. The van der Waals surface area contributed by atoms with Gasteiger partial charge in [0.1, 0.15) is 11.9 Å². The highest BCUT2D eigenvalue weighted by Gasteiger charge is 2.18. The van der Waals surface area contributed by atoms with Gasteiger partial charge in [0, 0.05) is 12.8 Å². The lowest BCUT2D eigenvalue weighted by Crippen LogP contribution is -2.14. The fraction of sp³-hybridized carbons (Fsp3) is 0.667. The maximum absolute atomic E-state index is 11.5. The predicted octanol–water partition coefficient (Wildman–Crippen LogP) is 3.33. The fourth-order valence-corrected chi connectivity index (χ4v) is 2.04. The lowest BCUT2D eigenvalue weighted by atomic mass is 10.0. The maximum atomic E-state index is 11.5. The minimum Gasteiger partial charge on any atom is -0.487 e. The van der Waals surface area contributed by atoms with Crippen LogP contribution in [0.15, 0.2) is 23.7 Å². The predicted molar refractivity (Wildman–Crippen MR) is 54.0 cm³/mol. The lowest BCUT2D eigenvalue weighted by Gasteiger charge is -2.22. The third-order valence-corrected chi connectivity index (χ3v) is 2.87. The van der Waals surface area contributed by atoms with E-state index < -0.39 is 0 Å². The highest BCUT2D eigenvalue weighted by atomic mass is 16.5. The van der Waals surface area contributed by atoms with Crippen molar-refractivity contribution in [2.24, 2.45) is 0 Å². The van der Waals surface area contributed by atoms with Crippen molar-refractivity contribution >= 4 is 0 Å². The van der Waals surface area contributed by atoms with Crippen LogP contribution in [0.2, 0.25) is 0 Å². The van der Waals surface area contributed by atoms with Crippen LogP contribution < -0.4 is 0 Å². The first-order valence-electron chi connectivity index (χ1n) is 5.58. The number of ether oxygens (including phenoxy) is 1. The van der Waals surface area contributed by atoms with Gasteiger partial charge >= 0.3 is 0 Å². The van der Waals surface area contributed by atoms with Crippen LogP contribution in [0.3, 0.4) is 0 Å². The average molecular weight is 193 g/mol. The zero-order valence-electron chi connectivity index (χ0n) is 8.50. The van der Waals surface area contributed by atoms with Gasteiger partial charge in [0.25, 0.3) is 0 Å². The molecule has 2 heteroatoms. The van der Waals surface area contributed by atoms with Crippen LogP contribution in [0, 0.1) is 0 Å². The summed E-state index contributed by atoms with van der Waals surface area (Å²) in [4.78, 5) is 0. The molecule has 77 valence electrons. The Labute approximate surface area is 85.3 Å². The molecule has 2 aliphatic carbocycles. The van der Waals surface area contributed by atoms with Crippen molar-refractivity contribution in [1.82, 2.24) is 0 Å². The van der Waals surface area contributed by atoms with Crippen molar-refractivity contribution in [2.75, 3.05) is 0 Å². The Bertz CT molecular complexity index is 253. The van der Waals surface area contributed by atoms with E-state index in [0.717, 1.165) is 37.9 Å². The molecule has 0 amide bonds. The molecule has 0 aliphatic heterocycles. The molecule has 0 aromatic rings. The highest BCUT2D eigenvalue weighted by molar-refractivity contribution is 5.06.